The van der Waals surface area contributed by atoms with Crippen LogP contribution in [0, 0.1) is 0 Å². The zero-order valence-electron chi connectivity index (χ0n) is 11.7. The van der Waals surface area contributed by atoms with E-state index < -0.39 is 0 Å². The summed E-state index contributed by atoms with van der Waals surface area (Å²) in [6, 6.07) is 3.97. The fourth-order valence-electron chi connectivity index (χ4n) is 1.82. The average molecular weight is 251 g/mol. The van der Waals surface area contributed by atoms with Crippen LogP contribution in [0.1, 0.15) is 18.9 Å². The van der Waals surface area contributed by atoms with Crippen molar-refractivity contribution in [3.63, 3.8) is 0 Å². The lowest BCUT2D eigenvalue weighted by Crippen LogP contribution is -2.27. The van der Waals surface area contributed by atoms with Crippen molar-refractivity contribution in [3.8, 4) is 0 Å². The van der Waals surface area contributed by atoms with Crippen LogP contribution in [-0.4, -0.2) is 48.5 Å². The first kappa shape index (κ1) is 14.9. The second-order valence-corrected chi connectivity index (χ2v) is 4.72. The van der Waals surface area contributed by atoms with Gasteiger partial charge in [0.1, 0.15) is 5.82 Å². The molecule has 0 unspecified atom stereocenters. The number of nitrogens with two attached hydrogens (primary N) is 1. The fourth-order valence-corrected chi connectivity index (χ4v) is 1.82. The molecule has 0 aliphatic rings. The molecular weight excluding hydrogens is 226 g/mol. The minimum Gasteiger partial charge on any atom is -0.309 e. The van der Waals surface area contributed by atoms with Gasteiger partial charge in [-0.2, -0.15) is 0 Å². The first-order chi connectivity index (χ1) is 8.65. The Hall–Kier alpha value is -1.17. The van der Waals surface area contributed by atoms with Gasteiger partial charge in [-0.3, -0.25) is 4.90 Å². The number of rotatable bonds is 8. The fraction of sp³-hybridized carbons (Fsp3) is 0.615. The molecule has 5 heteroatoms. The maximum atomic E-state index is 5.29. The van der Waals surface area contributed by atoms with Crippen LogP contribution in [0.25, 0.3) is 0 Å². The molecule has 0 spiro atoms. The van der Waals surface area contributed by atoms with Gasteiger partial charge in [0, 0.05) is 12.7 Å². The number of hydrogen-bond donors (Lipinski definition) is 2. The molecule has 0 atom stereocenters. The number of anilines is 1. The molecular formula is C13H25N5. The normalized spacial score (nSPS) is 11.2. The minimum absolute atomic E-state index is 0.703. The van der Waals surface area contributed by atoms with Crippen molar-refractivity contribution in [3.05, 3.63) is 23.9 Å². The standard InChI is InChI=1S/C13H25N5/c1-4-18(9-5-8-17(2)3)11-12-6-7-13(16-14)15-10-12/h6-7,10H,4-5,8-9,11,14H2,1-3H3,(H,15,16). The Morgan fingerprint density at radius 2 is 2.06 bits per heavy atom. The molecule has 1 aromatic heterocycles. The van der Waals surface area contributed by atoms with Gasteiger partial charge in [0.05, 0.1) is 0 Å². The largest absolute Gasteiger partial charge is 0.309 e. The Morgan fingerprint density at radius 1 is 1.28 bits per heavy atom. The molecule has 0 bridgehead atoms. The number of nitrogen functional groups attached to an aromatic ring is 1. The first-order valence-electron chi connectivity index (χ1n) is 6.44. The number of aromatic nitrogens is 1. The van der Waals surface area contributed by atoms with E-state index in [2.05, 4.69) is 47.3 Å². The lowest BCUT2D eigenvalue weighted by Gasteiger charge is -2.21. The van der Waals surface area contributed by atoms with E-state index in [0.29, 0.717) is 5.82 Å². The average Bonchev–Trinajstić information content (AvgIpc) is 2.38. The summed E-state index contributed by atoms with van der Waals surface area (Å²) in [6.07, 6.45) is 3.07. The molecule has 0 amide bonds. The smallest absolute Gasteiger partial charge is 0.139 e. The highest BCUT2D eigenvalue weighted by atomic mass is 15.2. The van der Waals surface area contributed by atoms with Crippen LogP contribution in [-0.2, 0) is 6.54 Å². The highest BCUT2D eigenvalue weighted by molar-refractivity contribution is 5.33. The van der Waals surface area contributed by atoms with Gasteiger partial charge in [-0.1, -0.05) is 13.0 Å². The van der Waals surface area contributed by atoms with Crippen molar-refractivity contribution in [2.24, 2.45) is 5.84 Å². The highest BCUT2D eigenvalue weighted by Crippen LogP contribution is 2.07. The van der Waals surface area contributed by atoms with E-state index in [9.17, 15) is 0 Å². The molecule has 0 saturated carbocycles. The van der Waals surface area contributed by atoms with Gasteiger partial charge in [0.25, 0.3) is 0 Å². The van der Waals surface area contributed by atoms with E-state index in [0.717, 1.165) is 26.2 Å². The Balaban J connectivity index is 2.41. The predicted octanol–water partition coefficient (Wildman–Crippen LogP) is 1.14. The van der Waals surface area contributed by atoms with Gasteiger partial charge >= 0.3 is 0 Å². The summed E-state index contributed by atoms with van der Waals surface area (Å²) in [5.74, 6) is 6.00. The van der Waals surface area contributed by atoms with E-state index in [4.69, 9.17) is 5.84 Å². The molecule has 5 nitrogen and oxygen atoms in total. The van der Waals surface area contributed by atoms with Crippen molar-refractivity contribution in [2.75, 3.05) is 39.2 Å². The Morgan fingerprint density at radius 3 is 2.56 bits per heavy atom. The van der Waals surface area contributed by atoms with Gasteiger partial charge in [-0.15, -0.1) is 0 Å². The zero-order valence-corrected chi connectivity index (χ0v) is 11.7. The van der Waals surface area contributed by atoms with Crippen molar-refractivity contribution in [1.82, 2.24) is 14.8 Å². The third-order valence-electron chi connectivity index (χ3n) is 2.91. The lowest BCUT2D eigenvalue weighted by molar-refractivity contribution is 0.259. The van der Waals surface area contributed by atoms with Crippen LogP contribution in [0.5, 0.6) is 0 Å². The number of nitrogens with zero attached hydrogens (tertiary/aromatic N) is 3. The van der Waals surface area contributed by atoms with Crippen LogP contribution in [0.3, 0.4) is 0 Å². The van der Waals surface area contributed by atoms with Crippen LogP contribution in [0.15, 0.2) is 18.3 Å². The van der Waals surface area contributed by atoms with E-state index in [1.54, 1.807) is 0 Å². The van der Waals surface area contributed by atoms with Crippen molar-refractivity contribution in [1.29, 1.82) is 0 Å². The molecule has 0 aliphatic heterocycles. The highest BCUT2D eigenvalue weighted by Gasteiger charge is 2.04. The van der Waals surface area contributed by atoms with Crippen LogP contribution >= 0.6 is 0 Å². The van der Waals surface area contributed by atoms with Gasteiger partial charge in [-0.25, -0.2) is 10.8 Å². The Kier molecular flexibility index (Phi) is 6.64. The summed E-state index contributed by atoms with van der Waals surface area (Å²) in [5.41, 5.74) is 3.76. The predicted molar refractivity (Wildman–Crippen MR) is 76.2 cm³/mol. The summed E-state index contributed by atoms with van der Waals surface area (Å²) < 4.78 is 0. The Labute approximate surface area is 110 Å². The van der Waals surface area contributed by atoms with Gasteiger partial charge < -0.3 is 10.3 Å². The van der Waals surface area contributed by atoms with Crippen molar-refractivity contribution >= 4 is 5.82 Å². The topological polar surface area (TPSA) is 57.4 Å². The molecule has 1 rings (SSSR count). The molecule has 102 valence electrons. The second kappa shape index (κ2) is 8.02. The van der Waals surface area contributed by atoms with E-state index in [-0.39, 0.29) is 0 Å². The van der Waals surface area contributed by atoms with Gasteiger partial charge in [-0.05, 0) is 51.8 Å². The number of pyridine rings is 1. The SMILES string of the molecule is CCN(CCCN(C)C)Cc1ccc(NN)nc1. The van der Waals surface area contributed by atoms with Crippen LogP contribution in [0.2, 0.25) is 0 Å². The molecule has 0 radical (unpaired) electrons. The summed E-state index contributed by atoms with van der Waals surface area (Å²) in [7, 11) is 4.22. The summed E-state index contributed by atoms with van der Waals surface area (Å²) in [5, 5.41) is 0. The Bertz CT molecular complexity index is 323. The molecule has 0 saturated heterocycles. The maximum Gasteiger partial charge on any atom is 0.139 e. The monoisotopic (exact) mass is 251 g/mol. The van der Waals surface area contributed by atoms with Gasteiger partial charge in [0.2, 0.25) is 0 Å². The van der Waals surface area contributed by atoms with Crippen molar-refractivity contribution < 1.29 is 0 Å². The number of hydrazine groups is 1. The quantitative estimate of drug-likeness (QED) is 0.536. The zero-order chi connectivity index (χ0) is 13.4. The molecule has 3 N–H and O–H groups in total. The molecule has 1 aromatic rings. The van der Waals surface area contributed by atoms with E-state index >= 15 is 0 Å². The molecule has 1 heterocycles. The minimum atomic E-state index is 0.703. The van der Waals surface area contributed by atoms with Crippen LogP contribution < -0.4 is 11.3 Å². The van der Waals surface area contributed by atoms with E-state index in [1.807, 2.05) is 12.3 Å². The number of nitrogens with one attached hydrogen (secondary N) is 1. The summed E-state index contributed by atoms with van der Waals surface area (Å²) >= 11 is 0. The molecule has 0 aliphatic carbocycles. The second-order valence-electron chi connectivity index (χ2n) is 4.72. The number of hydrogen-bond acceptors (Lipinski definition) is 5. The third kappa shape index (κ3) is 5.44. The summed E-state index contributed by atoms with van der Waals surface area (Å²) in [6.45, 7) is 6.45. The summed E-state index contributed by atoms with van der Waals surface area (Å²) in [4.78, 5) is 8.87. The maximum absolute atomic E-state index is 5.29. The first-order valence-corrected chi connectivity index (χ1v) is 6.44. The molecule has 0 fully saturated rings. The van der Waals surface area contributed by atoms with Gasteiger partial charge in [0.15, 0.2) is 0 Å². The molecule has 0 aromatic carbocycles. The van der Waals surface area contributed by atoms with Crippen molar-refractivity contribution in [2.45, 2.75) is 19.9 Å². The van der Waals surface area contributed by atoms with E-state index in [1.165, 1.54) is 12.0 Å². The lowest BCUT2D eigenvalue weighted by atomic mass is 10.2. The molecule has 18 heavy (non-hydrogen) atoms. The third-order valence-corrected chi connectivity index (χ3v) is 2.91. The van der Waals surface area contributed by atoms with Crippen LogP contribution in [0.4, 0.5) is 5.82 Å².